The van der Waals surface area contributed by atoms with Gasteiger partial charge in [-0.25, -0.2) is 0 Å². The van der Waals surface area contributed by atoms with Gasteiger partial charge in [0.25, 0.3) is 0 Å². The third kappa shape index (κ3) is 3.22. The highest BCUT2D eigenvalue weighted by atomic mass is 16.1. The number of primary amides is 1. The Labute approximate surface area is 94.6 Å². The first-order chi connectivity index (χ1) is 6.46. The van der Waals surface area contributed by atoms with Crippen LogP contribution >= 0.6 is 0 Å². The zero-order chi connectivity index (χ0) is 12.5. The van der Waals surface area contributed by atoms with Crippen LogP contribution in [0.1, 0.15) is 61.3 Å². The van der Waals surface area contributed by atoms with Crippen molar-refractivity contribution in [2.45, 2.75) is 61.3 Å². The van der Waals surface area contributed by atoms with E-state index >= 15 is 0 Å². The lowest BCUT2D eigenvalue weighted by atomic mass is 9.59. The molecule has 0 bridgehead atoms. The average Bonchev–Trinajstić information content (AvgIpc) is 2.01. The van der Waals surface area contributed by atoms with Gasteiger partial charge in [0.2, 0.25) is 5.91 Å². The van der Waals surface area contributed by atoms with E-state index in [-0.39, 0.29) is 16.7 Å². The van der Waals surface area contributed by atoms with Crippen molar-refractivity contribution in [3.63, 3.8) is 0 Å². The minimum atomic E-state index is -0.419. The molecular formula is C13H27NO. The number of hydrogen-bond acceptors (Lipinski definition) is 1. The molecule has 2 heteroatoms. The van der Waals surface area contributed by atoms with Gasteiger partial charge in [0.1, 0.15) is 0 Å². The molecule has 0 unspecified atom stereocenters. The van der Waals surface area contributed by atoms with Crippen molar-refractivity contribution < 1.29 is 4.79 Å². The molecule has 1 atom stereocenters. The quantitative estimate of drug-likeness (QED) is 0.764. The van der Waals surface area contributed by atoms with Gasteiger partial charge in [0, 0.05) is 5.41 Å². The van der Waals surface area contributed by atoms with Gasteiger partial charge >= 0.3 is 0 Å². The minimum Gasteiger partial charge on any atom is -0.369 e. The fourth-order valence-electron chi connectivity index (χ4n) is 1.98. The number of carbonyl (C=O) groups is 1. The van der Waals surface area contributed by atoms with Gasteiger partial charge < -0.3 is 5.73 Å². The van der Waals surface area contributed by atoms with E-state index in [1.165, 1.54) is 0 Å². The number of carbonyl (C=O) groups excluding carboxylic acids is 1. The third-order valence-electron chi connectivity index (χ3n) is 4.09. The molecule has 0 aliphatic heterocycles. The van der Waals surface area contributed by atoms with Crippen molar-refractivity contribution in [1.29, 1.82) is 0 Å². The SMILES string of the molecule is CC[C@@](C)(CC(C)(C)C(N)=O)C(C)(C)C. The monoisotopic (exact) mass is 213 g/mol. The summed E-state index contributed by atoms with van der Waals surface area (Å²) in [6, 6.07) is 0. The van der Waals surface area contributed by atoms with Crippen molar-refractivity contribution in [1.82, 2.24) is 0 Å². The van der Waals surface area contributed by atoms with Crippen molar-refractivity contribution in [3.05, 3.63) is 0 Å². The predicted octanol–water partition coefficient (Wildman–Crippen LogP) is 3.35. The topological polar surface area (TPSA) is 43.1 Å². The first-order valence-electron chi connectivity index (χ1n) is 5.76. The zero-order valence-electron chi connectivity index (χ0n) is 11.4. The Morgan fingerprint density at radius 3 is 1.67 bits per heavy atom. The summed E-state index contributed by atoms with van der Waals surface area (Å²) in [6.45, 7) is 15.0. The molecule has 0 aliphatic carbocycles. The molecule has 0 saturated carbocycles. The lowest BCUT2D eigenvalue weighted by Crippen LogP contribution is -2.41. The normalized spacial score (nSPS) is 17.3. The van der Waals surface area contributed by atoms with Gasteiger partial charge in [-0.2, -0.15) is 0 Å². The van der Waals surface area contributed by atoms with Crippen LogP contribution in [0.25, 0.3) is 0 Å². The summed E-state index contributed by atoms with van der Waals surface area (Å²) in [5.41, 5.74) is 5.35. The Kier molecular flexibility index (Phi) is 4.00. The van der Waals surface area contributed by atoms with Crippen LogP contribution in [0, 0.1) is 16.2 Å². The Morgan fingerprint density at radius 1 is 1.07 bits per heavy atom. The van der Waals surface area contributed by atoms with Crippen LogP contribution < -0.4 is 5.73 Å². The van der Waals surface area contributed by atoms with E-state index in [0.29, 0.717) is 0 Å². The van der Waals surface area contributed by atoms with E-state index in [0.717, 1.165) is 12.8 Å². The van der Waals surface area contributed by atoms with Crippen molar-refractivity contribution >= 4 is 5.91 Å². The smallest absolute Gasteiger partial charge is 0.223 e. The number of rotatable bonds is 4. The van der Waals surface area contributed by atoms with E-state index < -0.39 is 5.41 Å². The molecule has 0 radical (unpaired) electrons. The standard InChI is InChI=1S/C13H27NO/c1-8-13(7,11(2,3)4)9-12(5,6)10(14)15/h8-9H2,1-7H3,(H2,14,15)/t13-/m0/s1. The van der Waals surface area contributed by atoms with E-state index in [9.17, 15) is 4.79 Å². The van der Waals surface area contributed by atoms with E-state index in [2.05, 4.69) is 34.6 Å². The van der Waals surface area contributed by atoms with Gasteiger partial charge in [-0.1, -0.05) is 54.9 Å². The molecule has 1 amide bonds. The first kappa shape index (κ1) is 14.5. The second kappa shape index (κ2) is 4.15. The zero-order valence-corrected chi connectivity index (χ0v) is 11.4. The summed E-state index contributed by atoms with van der Waals surface area (Å²) >= 11 is 0. The molecule has 0 aromatic carbocycles. The highest BCUT2D eigenvalue weighted by molar-refractivity contribution is 5.79. The molecular weight excluding hydrogens is 186 g/mol. The number of nitrogens with two attached hydrogens (primary N) is 1. The summed E-state index contributed by atoms with van der Waals surface area (Å²) in [6.07, 6.45) is 1.91. The Balaban J connectivity index is 4.96. The second-order valence-corrected chi connectivity index (χ2v) is 6.59. The first-order valence-corrected chi connectivity index (χ1v) is 5.76. The second-order valence-electron chi connectivity index (χ2n) is 6.59. The van der Waals surface area contributed by atoms with Gasteiger partial charge in [-0.05, 0) is 17.3 Å². The Hall–Kier alpha value is -0.530. The molecule has 90 valence electrons. The molecule has 0 spiro atoms. The Morgan fingerprint density at radius 2 is 1.47 bits per heavy atom. The summed E-state index contributed by atoms with van der Waals surface area (Å²) in [5, 5.41) is 0. The molecule has 0 heterocycles. The average molecular weight is 213 g/mol. The van der Waals surface area contributed by atoms with Crippen LogP contribution in [0.3, 0.4) is 0 Å². The maximum Gasteiger partial charge on any atom is 0.223 e. The highest BCUT2D eigenvalue weighted by Gasteiger charge is 2.42. The summed E-state index contributed by atoms with van der Waals surface area (Å²) in [5.74, 6) is -0.202. The molecule has 2 N–H and O–H groups in total. The van der Waals surface area contributed by atoms with Crippen molar-refractivity contribution in [2.75, 3.05) is 0 Å². The lowest BCUT2D eigenvalue weighted by Gasteiger charge is -2.45. The van der Waals surface area contributed by atoms with E-state index in [1.54, 1.807) is 0 Å². The molecule has 0 aliphatic rings. The summed E-state index contributed by atoms with van der Waals surface area (Å²) in [7, 11) is 0. The van der Waals surface area contributed by atoms with Crippen LogP contribution in [0.5, 0.6) is 0 Å². The fourth-order valence-corrected chi connectivity index (χ4v) is 1.98. The molecule has 0 fully saturated rings. The Bertz CT molecular complexity index is 237. The van der Waals surface area contributed by atoms with Crippen LogP contribution in [-0.4, -0.2) is 5.91 Å². The minimum absolute atomic E-state index is 0.144. The third-order valence-corrected chi connectivity index (χ3v) is 4.09. The van der Waals surface area contributed by atoms with Gasteiger partial charge in [-0.3, -0.25) is 4.79 Å². The van der Waals surface area contributed by atoms with Crippen molar-refractivity contribution in [2.24, 2.45) is 22.0 Å². The fraction of sp³-hybridized carbons (Fsp3) is 0.923. The van der Waals surface area contributed by atoms with Gasteiger partial charge in [-0.15, -0.1) is 0 Å². The lowest BCUT2D eigenvalue weighted by molar-refractivity contribution is -0.128. The highest BCUT2D eigenvalue weighted by Crippen LogP contribution is 2.48. The van der Waals surface area contributed by atoms with E-state index in [4.69, 9.17) is 5.73 Å². The van der Waals surface area contributed by atoms with Crippen LogP contribution in [0.15, 0.2) is 0 Å². The molecule has 0 rings (SSSR count). The summed E-state index contributed by atoms with van der Waals surface area (Å²) in [4.78, 5) is 11.4. The number of hydrogen-bond donors (Lipinski definition) is 1. The maximum atomic E-state index is 11.4. The molecule has 0 saturated heterocycles. The van der Waals surface area contributed by atoms with Gasteiger partial charge in [0.05, 0.1) is 0 Å². The molecule has 15 heavy (non-hydrogen) atoms. The largest absolute Gasteiger partial charge is 0.369 e. The predicted molar refractivity (Wildman–Crippen MR) is 65.4 cm³/mol. The van der Waals surface area contributed by atoms with Crippen LogP contribution in [0.4, 0.5) is 0 Å². The molecule has 2 nitrogen and oxygen atoms in total. The molecule has 0 aromatic rings. The van der Waals surface area contributed by atoms with Crippen LogP contribution in [-0.2, 0) is 4.79 Å². The van der Waals surface area contributed by atoms with E-state index in [1.807, 2.05) is 13.8 Å². The summed E-state index contributed by atoms with van der Waals surface area (Å²) < 4.78 is 0. The molecule has 0 aromatic heterocycles. The van der Waals surface area contributed by atoms with Gasteiger partial charge in [0.15, 0.2) is 0 Å². The number of amides is 1. The maximum absolute atomic E-state index is 11.4. The van der Waals surface area contributed by atoms with Crippen LogP contribution in [0.2, 0.25) is 0 Å². The van der Waals surface area contributed by atoms with Crippen molar-refractivity contribution in [3.8, 4) is 0 Å².